The topological polar surface area (TPSA) is 113 Å². The number of nitrogens with zero attached hydrogens (tertiary/aromatic N) is 1. The molecule has 1 fully saturated rings. The fraction of sp³-hybridized carbons (Fsp3) is 0.318. The summed E-state index contributed by atoms with van der Waals surface area (Å²) in [5.74, 6) is -0.598. The molecule has 8 nitrogen and oxygen atoms in total. The largest absolute Gasteiger partial charge is 0.507 e. The predicted molar refractivity (Wildman–Crippen MR) is 118 cm³/mol. The lowest BCUT2D eigenvalue weighted by Gasteiger charge is -2.15. The van der Waals surface area contributed by atoms with Crippen LogP contribution in [0.15, 0.2) is 39.5 Å². The van der Waals surface area contributed by atoms with Gasteiger partial charge in [0.15, 0.2) is 17.3 Å². The molecule has 1 aliphatic heterocycles. The van der Waals surface area contributed by atoms with Crippen LogP contribution < -0.4 is 14.9 Å². The normalized spacial score (nSPS) is 13.8. The van der Waals surface area contributed by atoms with Crippen LogP contribution >= 0.6 is 12.4 Å². The Morgan fingerprint density at radius 1 is 1.03 bits per heavy atom. The van der Waals surface area contributed by atoms with Crippen LogP contribution in [0, 0.1) is 0 Å². The highest BCUT2D eigenvalue weighted by Gasteiger charge is 2.21. The molecule has 3 aromatic rings. The average Bonchev–Trinajstić information content (AvgIpc) is 3.23. The van der Waals surface area contributed by atoms with Crippen LogP contribution in [0.5, 0.6) is 28.7 Å². The van der Waals surface area contributed by atoms with E-state index in [-0.39, 0.29) is 52.1 Å². The number of hydrogen-bond acceptors (Lipinski definition) is 8. The Balaban J connectivity index is 0.00000272. The Morgan fingerprint density at radius 3 is 2.45 bits per heavy atom. The summed E-state index contributed by atoms with van der Waals surface area (Å²) in [6.45, 7) is 3.35. The van der Waals surface area contributed by atoms with Crippen molar-refractivity contribution in [2.45, 2.75) is 12.8 Å². The summed E-state index contributed by atoms with van der Waals surface area (Å²) in [6.07, 6.45) is 2.39. The molecule has 4 rings (SSSR count). The standard InChI is InChI=1S/C22H23NO7.ClH/c1-28-22-20(27)19-17(26)11-14(29-9-8-23-6-2-3-7-23)12-18(19)30-21(22)13-4-5-15(24)16(25)10-13;/h4-5,10-12,24-26H,2-3,6-9H2,1H3;1H. The first kappa shape index (κ1) is 22.6. The van der Waals surface area contributed by atoms with Crippen molar-refractivity contribution in [3.05, 3.63) is 40.6 Å². The first-order valence-corrected chi connectivity index (χ1v) is 9.73. The van der Waals surface area contributed by atoms with E-state index in [1.54, 1.807) is 6.07 Å². The van der Waals surface area contributed by atoms with Crippen molar-refractivity contribution in [3.8, 4) is 40.1 Å². The molecule has 31 heavy (non-hydrogen) atoms. The molecule has 0 spiro atoms. The highest BCUT2D eigenvalue weighted by Crippen LogP contribution is 2.38. The van der Waals surface area contributed by atoms with E-state index in [2.05, 4.69) is 4.90 Å². The molecule has 0 unspecified atom stereocenters. The molecule has 0 aliphatic carbocycles. The minimum atomic E-state index is -0.553. The number of phenols is 3. The van der Waals surface area contributed by atoms with Gasteiger partial charge in [-0.3, -0.25) is 9.69 Å². The lowest BCUT2D eigenvalue weighted by Crippen LogP contribution is -2.25. The van der Waals surface area contributed by atoms with E-state index in [0.29, 0.717) is 17.9 Å². The molecule has 0 amide bonds. The monoisotopic (exact) mass is 449 g/mol. The number of ether oxygens (including phenoxy) is 2. The third-order valence-electron chi connectivity index (χ3n) is 5.22. The van der Waals surface area contributed by atoms with Gasteiger partial charge in [-0.05, 0) is 44.1 Å². The summed E-state index contributed by atoms with van der Waals surface area (Å²) in [4.78, 5) is 15.2. The van der Waals surface area contributed by atoms with Gasteiger partial charge in [-0.15, -0.1) is 12.4 Å². The number of methoxy groups -OCH3 is 1. The fourth-order valence-corrected chi connectivity index (χ4v) is 3.68. The number of phenolic OH excluding ortho intramolecular Hbond substituents is 3. The van der Waals surface area contributed by atoms with Gasteiger partial charge >= 0.3 is 0 Å². The molecule has 0 bridgehead atoms. The molecule has 1 saturated heterocycles. The third-order valence-corrected chi connectivity index (χ3v) is 5.22. The molecule has 9 heteroatoms. The van der Waals surface area contributed by atoms with Gasteiger partial charge in [0.1, 0.15) is 29.1 Å². The van der Waals surface area contributed by atoms with Gasteiger partial charge in [0, 0.05) is 24.2 Å². The van der Waals surface area contributed by atoms with Crippen molar-refractivity contribution in [1.82, 2.24) is 4.90 Å². The molecule has 0 radical (unpaired) electrons. The van der Waals surface area contributed by atoms with Crippen molar-refractivity contribution in [1.29, 1.82) is 0 Å². The average molecular weight is 450 g/mol. The highest BCUT2D eigenvalue weighted by atomic mass is 35.5. The van der Waals surface area contributed by atoms with Gasteiger partial charge in [-0.25, -0.2) is 0 Å². The second kappa shape index (κ2) is 9.36. The molecular formula is C22H24ClNO7. The molecule has 1 aliphatic rings. The lowest BCUT2D eigenvalue weighted by molar-refractivity contribution is 0.237. The smallest absolute Gasteiger partial charge is 0.239 e. The van der Waals surface area contributed by atoms with Gasteiger partial charge in [0.2, 0.25) is 11.2 Å². The minimum absolute atomic E-state index is 0. The Bertz CT molecular complexity index is 1140. The number of fused-ring (bicyclic) bond motifs is 1. The summed E-state index contributed by atoms with van der Waals surface area (Å²) in [5.41, 5.74) is -0.0945. The van der Waals surface area contributed by atoms with Gasteiger partial charge < -0.3 is 29.2 Å². The van der Waals surface area contributed by atoms with E-state index in [0.717, 1.165) is 19.6 Å². The molecule has 2 heterocycles. The van der Waals surface area contributed by atoms with Crippen LogP contribution in [0.3, 0.4) is 0 Å². The summed E-state index contributed by atoms with van der Waals surface area (Å²) < 4.78 is 16.9. The van der Waals surface area contributed by atoms with E-state index in [1.165, 1.54) is 44.2 Å². The number of aromatic hydroxyl groups is 3. The first-order valence-electron chi connectivity index (χ1n) is 9.73. The van der Waals surface area contributed by atoms with E-state index in [4.69, 9.17) is 13.9 Å². The molecule has 166 valence electrons. The Kier molecular flexibility index (Phi) is 6.82. The number of halogens is 1. The van der Waals surface area contributed by atoms with Gasteiger partial charge in [-0.2, -0.15) is 0 Å². The van der Waals surface area contributed by atoms with Crippen LogP contribution in [0.4, 0.5) is 0 Å². The molecule has 2 aromatic carbocycles. The van der Waals surface area contributed by atoms with Crippen LogP contribution in [-0.4, -0.2) is 53.6 Å². The summed E-state index contributed by atoms with van der Waals surface area (Å²) >= 11 is 0. The molecule has 3 N–H and O–H groups in total. The van der Waals surface area contributed by atoms with E-state index < -0.39 is 5.43 Å². The van der Waals surface area contributed by atoms with E-state index >= 15 is 0 Å². The Labute approximate surface area is 184 Å². The van der Waals surface area contributed by atoms with Gasteiger partial charge in [0.05, 0.1) is 7.11 Å². The van der Waals surface area contributed by atoms with Crippen LogP contribution in [0.1, 0.15) is 12.8 Å². The number of benzene rings is 2. The summed E-state index contributed by atoms with van der Waals surface area (Å²) in [7, 11) is 1.31. The second-order valence-electron chi connectivity index (χ2n) is 7.21. The Hall–Kier alpha value is -3.10. The van der Waals surface area contributed by atoms with Crippen LogP contribution in [-0.2, 0) is 0 Å². The zero-order valence-electron chi connectivity index (χ0n) is 17.0. The van der Waals surface area contributed by atoms with Crippen molar-refractivity contribution in [2.75, 3.05) is 33.4 Å². The van der Waals surface area contributed by atoms with Crippen LogP contribution in [0.25, 0.3) is 22.3 Å². The fourth-order valence-electron chi connectivity index (χ4n) is 3.68. The quantitative estimate of drug-likeness (QED) is 0.490. The maximum Gasteiger partial charge on any atom is 0.239 e. The van der Waals surface area contributed by atoms with Crippen molar-refractivity contribution >= 4 is 23.4 Å². The van der Waals surface area contributed by atoms with E-state index in [1.807, 2.05) is 0 Å². The summed E-state index contributed by atoms with van der Waals surface area (Å²) in [6, 6.07) is 6.96. The molecule has 1 aromatic heterocycles. The van der Waals surface area contributed by atoms with Gasteiger partial charge in [-0.1, -0.05) is 0 Å². The maximum absolute atomic E-state index is 12.9. The number of rotatable bonds is 6. The zero-order valence-corrected chi connectivity index (χ0v) is 17.8. The summed E-state index contributed by atoms with van der Waals surface area (Å²) in [5, 5.41) is 29.8. The zero-order chi connectivity index (χ0) is 21.3. The third kappa shape index (κ3) is 4.50. The highest BCUT2D eigenvalue weighted by molar-refractivity contribution is 5.88. The first-order chi connectivity index (χ1) is 14.5. The van der Waals surface area contributed by atoms with Gasteiger partial charge in [0.25, 0.3) is 0 Å². The van der Waals surface area contributed by atoms with Crippen LogP contribution in [0.2, 0.25) is 0 Å². The minimum Gasteiger partial charge on any atom is -0.507 e. The molecule has 0 saturated carbocycles. The van der Waals surface area contributed by atoms with Crippen molar-refractivity contribution < 1.29 is 29.2 Å². The lowest BCUT2D eigenvalue weighted by atomic mass is 10.1. The predicted octanol–water partition coefficient (Wildman–Crippen LogP) is 3.48. The number of hydrogen-bond donors (Lipinski definition) is 3. The number of likely N-dealkylation sites (tertiary alicyclic amines) is 1. The SMILES string of the molecule is COc1c(-c2ccc(O)c(O)c2)oc2cc(OCCN3CCCC3)cc(O)c2c1=O.Cl. The van der Waals surface area contributed by atoms with E-state index in [9.17, 15) is 20.1 Å². The molecule has 0 atom stereocenters. The van der Waals surface area contributed by atoms with Crippen molar-refractivity contribution in [3.63, 3.8) is 0 Å². The maximum atomic E-state index is 12.9. The Morgan fingerprint density at radius 2 is 1.77 bits per heavy atom. The van der Waals surface area contributed by atoms with Crippen molar-refractivity contribution in [2.24, 2.45) is 0 Å². The molecular weight excluding hydrogens is 426 g/mol. The second-order valence-corrected chi connectivity index (χ2v) is 7.21.